The van der Waals surface area contributed by atoms with Gasteiger partial charge in [-0.15, -0.1) is 0 Å². The van der Waals surface area contributed by atoms with Gasteiger partial charge in [0.2, 0.25) is 15.9 Å². The number of rotatable bonds is 5. The number of benzene rings is 3. The molecule has 29 heavy (non-hydrogen) atoms. The lowest BCUT2D eigenvalue weighted by Crippen LogP contribution is -2.38. The third-order valence-corrected chi connectivity index (χ3v) is 6.64. The first-order valence-corrected chi connectivity index (χ1v) is 11.5. The first-order chi connectivity index (χ1) is 13.8. The molecule has 0 aliphatic heterocycles. The Morgan fingerprint density at radius 3 is 2.24 bits per heavy atom. The number of amides is 1. The van der Waals surface area contributed by atoms with Crippen LogP contribution in [-0.4, -0.2) is 27.1 Å². The van der Waals surface area contributed by atoms with Gasteiger partial charge in [-0.25, -0.2) is 8.42 Å². The molecule has 1 aliphatic carbocycles. The quantitative estimate of drug-likeness (QED) is 0.695. The van der Waals surface area contributed by atoms with Gasteiger partial charge in [0.05, 0.1) is 11.9 Å². The Bertz CT molecular complexity index is 1200. The first kappa shape index (κ1) is 19.5. The lowest BCUT2D eigenvalue weighted by molar-refractivity contribution is -0.114. The summed E-state index contributed by atoms with van der Waals surface area (Å²) >= 11 is 0. The molecule has 0 aromatic heterocycles. The molecule has 0 heterocycles. The van der Waals surface area contributed by atoms with E-state index in [1.165, 1.54) is 20.8 Å². The van der Waals surface area contributed by atoms with Gasteiger partial charge in [-0.05, 0) is 60.4 Å². The maximum absolute atomic E-state index is 12.9. The number of sulfonamides is 1. The van der Waals surface area contributed by atoms with E-state index in [1.807, 2.05) is 56.3 Å². The molecular weight excluding hydrogens is 384 g/mol. The fourth-order valence-electron chi connectivity index (χ4n) is 4.24. The Hall–Kier alpha value is -2.86. The van der Waals surface area contributed by atoms with Crippen molar-refractivity contribution in [3.63, 3.8) is 0 Å². The fraction of sp³-hybridized carbons (Fsp3) is 0.261. The Balaban J connectivity index is 1.66. The maximum Gasteiger partial charge on any atom is 0.245 e. The van der Waals surface area contributed by atoms with E-state index in [2.05, 4.69) is 11.4 Å². The van der Waals surface area contributed by atoms with Crippen molar-refractivity contribution in [1.29, 1.82) is 0 Å². The number of anilines is 2. The highest BCUT2D eigenvalue weighted by atomic mass is 32.2. The molecule has 0 unspecified atom stereocenters. The summed E-state index contributed by atoms with van der Waals surface area (Å²) in [6, 6.07) is 15.7. The van der Waals surface area contributed by atoms with E-state index in [-0.39, 0.29) is 12.5 Å². The van der Waals surface area contributed by atoms with Crippen molar-refractivity contribution < 1.29 is 13.2 Å². The van der Waals surface area contributed by atoms with Crippen LogP contribution in [0.25, 0.3) is 10.8 Å². The number of carbonyl (C=O) groups excluding carboxylic acids is 1. The predicted octanol–water partition coefficient (Wildman–Crippen LogP) is 3.96. The van der Waals surface area contributed by atoms with E-state index >= 15 is 0 Å². The Morgan fingerprint density at radius 1 is 0.966 bits per heavy atom. The summed E-state index contributed by atoms with van der Waals surface area (Å²) in [6.45, 7) is 3.43. The molecule has 0 bridgehead atoms. The van der Waals surface area contributed by atoms with E-state index in [1.54, 1.807) is 0 Å². The SMILES string of the molecule is Cc1cccc(C)c1N(CC(=O)Nc1ccc2c3c(cccc13)CC2)S(C)(=O)=O. The second-order valence-corrected chi connectivity index (χ2v) is 9.58. The van der Waals surface area contributed by atoms with E-state index in [0.29, 0.717) is 11.4 Å². The van der Waals surface area contributed by atoms with Gasteiger partial charge in [0, 0.05) is 11.1 Å². The lowest BCUT2D eigenvalue weighted by Gasteiger charge is -2.25. The molecule has 0 saturated heterocycles. The molecule has 1 N–H and O–H groups in total. The highest BCUT2D eigenvalue weighted by Gasteiger charge is 2.24. The van der Waals surface area contributed by atoms with Crippen LogP contribution in [0.2, 0.25) is 0 Å². The van der Waals surface area contributed by atoms with Crippen molar-refractivity contribution >= 4 is 38.1 Å². The van der Waals surface area contributed by atoms with Crippen LogP contribution in [0, 0.1) is 13.8 Å². The molecule has 0 spiro atoms. The molecule has 4 rings (SSSR count). The number of hydrogen-bond acceptors (Lipinski definition) is 3. The minimum Gasteiger partial charge on any atom is -0.324 e. The Morgan fingerprint density at radius 2 is 1.59 bits per heavy atom. The largest absolute Gasteiger partial charge is 0.324 e. The van der Waals surface area contributed by atoms with Crippen LogP contribution >= 0.6 is 0 Å². The van der Waals surface area contributed by atoms with Crippen LogP contribution in [0.15, 0.2) is 48.5 Å². The monoisotopic (exact) mass is 408 g/mol. The second-order valence-electron chi connectivity index (χ2n) is 7.67. The molecule has 3 aromatic carbocycles. The smallest absolute Gasteiger partial charge is 0.245 e. The Kier molecular flexibility index (Phi) is 4.82. The minimum absolute atomic E-state index is 0.270. The highest BCUT2D eigenvalue weighted by molar-refractivity contribution is 7.92. The lowest BCUT2D eigenvalue weighted by atomic mass is 10.0. The molecule has 150 valence electrons. The minimum atomic E-state index is -3.62. The van der Waals surface area contributed by atoms with Crippen LogP contribution in [-0.2, 0) is 27.7 Å². The molecule has 6 heteroatoms. The van der Waals surface area contributed by atoms with Crippen LogP contribution in [0.4, 0.5) is 11.4 Å². The van der Waals surface area contributed by atoms with Gasteiger partial charge in [-0.3, -0.25) is 9.10 Å². The van der Waals surface area contributed by atoms with Gasteiger partial charge in [-0.2, -0.15) is 0 Å². The highest BCUT2D eigenvalue weighted by Crippen LogP contribution is 2.35. The average molecular weight is 409 g/mol. The van der Waals surface area contributed by atoms with Crippen molar-refractivity contribution in [2.75, 3.05) is 22.4 Å². The van der Waals surface area contributed by atoms with Gasteiger partial charge >= 0.3 is 0 Å². The van der Waals surface area contributed by atoms with Crippen LogP contribution in [0.5, 0.6) is 0 Å². The molecule has 1 amide bonds. The van der Waals surface area contributed by atoms with E-state index in [9.17, 15) is 13.2 Å². The number of aryl methyl sites for hydroxylation is 4. The van der Waals surface area contributed by atoms with Crippen molar-refractivity contribution in [3.05, 3.63) is 70.8 Å². The Labute approximate surface area is 171 Å². The molecular formula is C23H24N2O3S. The van der Waals surface area contributed by atoms with E-state index in [4.69, 9.17) is 0 Å². The van der Waals surface area contributed by atoms with E-state index < -0.39 is 10.0 Å². The third-order valence-electron chi connectivity index (χ3n) is 5.53. The van der Waals surface area contributed by atoms with Crippen LogP contribution in [0.1, 0.15) is 22.3 Å². The molecule has 3 aromatic rings. The molecule has 1 aliphatic rings. The summed E-state index contributed by atoms with van der Waals surface area (Å²) < 4.78 is 26.1. The third kappa shape index (κ3) is 3.60. The van der Waals surface area contributed by atoms with Gasteiger partial charge in [0.15, 0.2) is 0 Å². The zero-order valence-electron chi connectivity index (χ0n) is 16.8. The molecule has 0 radical (unpaired) electrons. The number of carbonyl (C=O) groups is 1. The topological polar surface area (TPSA) is 66.5 Å². The summed E-state index contributed by atoms with van der Waals surface area (Å²) in [7, 11) is -3.62. The normalized spacial score (nSPS) is 12.9. The summed E-state index contributed by atoms with van der Waals surface area (Å²) in [5.74, 6) is -0.364. The summed E-state index contributed by atoms with van der Waals surface area (Å²) in [5, 5.41) is 5.15. The first-order valence-electron chi connectivity index (χ1n) is 9.63. The standard InChI is InChI=1S/C23H24N2O3S/c1-15-6-4-7-16(2)23(15)25(29(3,27)28)14-21(26)24-20-13-12-18-11-10-17-8-5-9-19(20)22(17)18/h4-9,12-13H,10-11,14H2,1-3H3,(H,24,26). The van der Waals surface area contributed by atoms with E-state index in [0.717, 1.165) is 35.6 Å². The van der Waals surface area contributed by atoms with Gasteiger partial charge in [0.25, 0.3) is 0 Å². The number of para-hydroxylation sites is 1. The zero-order valence-corrected chi connectivity index (χ0v) is 17.6. The van der Waals surface area contributed by atoms with Crippen molar-refractivity contribution in [2.24, 2.45) is 0 Å². The summed E-state index contributed by atoms with van der Waals surface area (Å²) in [6.07, 6.45) is 3.15. The molecule has 0 atom stereocenters. The van der Waals surface area contributed by atoms with Gasteiger partial charge in [-0.1, -0.05) is 42.5 Å². The van der Waals surface area contributed by atoms with Crippen LogP contribution in [0.3, 0.4) is 0 Å². The number of nitrogens with zero attached hydrogens (tertiary/aromatic N) is 1. The van der Waals surface area contributed by atoms with Crippen molar-refractivity contribution in [3.8, 4) is 0 Å². The maximum atomic E-state index is 12.9. The molecule has 0 fully saturated rings. The molecule has 5 nitrogen and oxygen atoms in total. The number of hydrogen-bond donors (Lipinski definition) is 1. The van der Waals surface area contributed by atoms with Gasteiger partial charge in [0.1, 0.15) is 6.54 Å². The summed E-state index contributed by atoms with van der Waals surface area (Å²) in [4.78, 5) is 12.9. The zero-order chi connectivity index (χ0) is 20.8. The number of nitrogens with one attached hydrogen (secondary N) is 1. The average Bonchev–Trinajstić information content (AvgIpc) is 3.07. The molecule has 0 saturated carbocycles. The van der Waals surface area contributed by atoms with Gasteiger partial charge < -0.3 is 5.32 Å². The van der Waals surface area contributed by atoms with Crippen LogP contribution < -0.4 is 9.62 Å². The van der Waals surface area contributed by atoms with Crippen molar-refractivity contribution in [2.45, 2.75) is 26.7 Å². The fourth-order valence-corrected chi connectivity index (χ4v) is 5.21. The van der Waals surface area contributed by atoms with Crippen molar-refractivity contribution in [1.82, 2.24) is 0 Å². The summed E-state index contributed by atoms with van der Waals surface area (Å²) in [5.41, 5.74) is 5.49. The predicted molar refractivity (Wildman–Crippen MR) is 118 cm³/mol. The second kappa shape index (κ2) is 7.19.